The Balaban J connectivity index is 2.29. The lowest BCUT2D eigenvalue weighted by molar-refractivity contribution is 0.0698. The van der Waals surface area contributed by atoms with Crippen molar-refractivity contribution in [3.05, 3.63) is 36.0 Å². The van der Waals surface area contributed by atoms with Gasteiger partial charge in [0.25, 0.3) is 5.91 Å². The molecule has 1 aromatic carbocycles. The Labute approximate surface area is 117 Å². The second-order valence-electron chi connectivity index (χ2n) is 4.79. The molecule has 1 N–H and O–H groups in total. The zero-order valence-electron chi connectivity index (χ0n) is 11.8. The molecule has 5 heteroatoms. The van der Waals surface area contributed by atoms with Crippen molar-refractivity contribution in [2.24, 2.45) is 0 Å². The number of benzene rings is 1. The van der Waals surface area contributed by atoms with Crippen LogP contribution in [0.15, 0.2) is 30.3 Å². The number of rotatable bonds is 4. The standard InChI is InChI=1S/C15H18N2O3/c1-10(18)9-17(2)15(19)14-6-4-11-8-12(20-3)5-7-13(11)16-14/h4-8,10,18H,9H2,1-3H3/t10-/m0/s1. The molecule has 2 rings (SSSR count). The molecular formula is C15H18N2O3. The van der Waals surface area contributed by atoms with Gasteiger partial charge in [-0.1, -0.05) is 6.07 Å². The van der Waals surface area contributed by atoms with Crippen molar-refractivity contribution in [3.63, 3.8) is 0 Å². The van der Waals surface area contributed by atoms with Crippen molar-refractivity contribution in [3.8, 4) is 5.75 Å². The van der Waals surface area contributed by atoms with E-state index in [2.05, 4.69) is 4.98 Å². The third kappa shape index (κ3) is 3.05. The fourth-order valence-electron chi connectivity index (χ4n) is 2.02. The van der Waals surface area contributed by atoms with Crippen LogP contribution in [0, 0.1) is 0 Å². The monoisotopic (exact) mass is 274 g/mol. The van der Waals surface area contributed by atoms with Gasteiger partial charge in [-0.3, -0.25) is 4.79 Å². The second kappa shape index (κ2) is 5.88. The molecule has 1 heterocycles. The topological polar surface area (TPSA) is 62.7 Å². The van der Waals surface area contributed by atoms with Crippen LogP contribution in [0.1, 0.15) is 17.4 Å². The largest absolute Gasteiger partial charge is 0.497 e. The molecule has 0 bridgehead atoms. The predicted molar refractivity (Wildman–Crippen MR) is 76.9 cm³/mol. The highest BCUT2D eigenvalue weighted by molar-refractivity contribution is 5.94. The van der Waals surface area contributed by atoms with E-state index in [9.17, 15) is 9.90 Å². The van der Waals surface area contributed by atoms with Crippen LogP contribution in [0.2, 0.25) is 0 Å². The number of carbonyl (C=O) groups excluding carboxylic acids is 1. The maximum absolute atomic E-state index is 12.2. The summed E-state index contributed by atoms with van der Waals surface area (Å²) in [7, 11) is 3.26. The Hall–Kier alpha value is -2.14. The molecule has 1 amide bonds. The summed E-state index contributed by atoms with van der Waals surface area (Å²) in [5, 5.41) is 10.2. The number of nitrogens with zero attached hydrogens (tertiary/aromatic N) is 2. The molecular weight excluding hydrogens is 256 g/mol. The van der Waals surface area contributed by atoms with Crippen molar-refractivity contribution in [2.75, 3.05) is 20.7 Å². The molecule has 1 atom stereocenters. The van der Waals surface area contributed by atoms with Gasteiger partial charge in [0.1, 0.15) is 11.4 Å². The van der Waals surface area contributed by atoms with Crippen LogP contribution in [0.5, 0.6) is 5.75 Å². The Morgan fingerprint density at radius 1 is 1.40 bits per heavy atom. The van der Waals surface area contributed by atoms with Gasteiger partial charge in [-0.2, -0.15) is 0 Å². The van der Waals surface area contributed by atoms with Crippen LogP contribution in [0.3, 0.4) is 0 Å². The zero-order chi connectivity index (χ0) is 14.7. The highest BCUT2D eigenvalue weighted by Crippen LogP contribution is 2.19. The van der Waals surface area contributed by atoms with Crippen LogP contribution in [0.4, 0.5) is 0 Å². The van der Waals surface area contributed by atoms with E-state index in [1.807, 2.05) is 24.3 Å². The number of hydrogen-bond donors (Lipinski definition) is 1. The van der Waals surface area contributed by atoms with Gasteiger partial charge in [-0.05, 0) is 31.2 Å². The van der Waals surface area contributed by atoms with Gasteiger partial charge in [0, 0.05) is 19.0 Å². The van der Waals surface area contributed by atoms with Gasteiger partial charge in [0.2, 0.25) is 0 Å². The minimum atomic E-state index is -0.561. The first-order valence-corrected chi connectivity index (χ1v) is 6.39. The third-order valence-corrected chi connectivity index (χ3v) is 3.00. The van der Waals surface area contributed by atoms with E-state index >= 15 is 0 Å². The Kier molecular flexibility index (Phi) is 4.20. The molecule has 0 saturated heterocycles. The second-order valence-corrected chi connectivity index (χ2v) is 4.79. The molecule has 2 aromatic rings. The summed E-state index contributed by atoms with van der Waals surface area (Å²) in [6.45, 7) is 1.92. The normalized spacial score (nSPS) is 12.2. The average Bonchev–Trinajstić information content (AvgIpc) is 2.44. The first kappa shape index (κ1) is 14.3. The highest BCUT2D eigenvalue weighted by atomic mass is 16.5. The number of aliphatic hydroxyl groups excluding tert-OH is 1. The fourth-order valence-corrected chi connectivity index (χ4v) is 2.02. The summed E-state index contributed by atoms with van der Waals surface area (Å²) in [6, 6.07) is 9.02. The highest BCUT2D eigenvalue weighted by Gasteiger charge is 2.15. The van der Waals surface area contributed by atoms with Crippen molar-refractivity contribution in [1.82, 2.24) is 9.88 Å². The van der Waals surface area contributed by atoms with E-state index in [0.29, 0.717) is 5.69 Å². The smallest absolute Gasteiger partial charge is 0.272 e. The summed E-state index contributed by atoms with van der Waals surface area (Å²) in [6.07, 6.45) is -0.561. The molecule has 1 aromatic heterocycles. The molecule has 0 fully saturated rings. The maximum atomic E-state index is 12.2. The van der Waals surface area contributed by atoms with Crippen molar-refractivity contribution in [1.29, 1.82) is 0 Å². The number of aliphatic hydroxyl groups is 1. The quantitative estimate of drug-likeness (QED) is 0.921. The molecule has 5 nitrogen and oxygen atoms in total. The van der Waals surface area contributed by atoms with Crippen LogP contribution >= 0.6 is 0 Å². The van der Waals surface area contributed by atoms with Gasteiger partial charge in [0.05, 0.1) is 18.7 Å². The van der Waals surface area contributed by atoms with Gasteiger partial charge >= 0.3 is 0 Å². The number of hydrogen-bond acceptors (Lipinski definition) is 4. The SMILES string of the molecule is COc1ccc2nc(C(=O)N(C)C[C@H](C)O)ccc2c1. The summed E-state index contributed by atoms with van der Waals surface area (Å²) < 4.78 is 5.15. The Bertz CT molecular complexity index is 626. The lowest BCUT2D eigenvalue weighted by Gasteiger charge is -2.18. The number of amides is 1. The first-order valence-electron chi connectivity index (χ1n) is 6.39. The lowest BCUT2D eigenvalue weighted by Crippen LogP contribution is -2.33. The predicted octanol–water partition coefficient (Wildman–Crippen LogP) is 1.70. The van der Waals surface area contributed by atoms with Gasteiger partial charge in [-0.15, -0.1) is 0 Å². The lowest BCUT2D eigenvalue weighted by atomic mass is 10.2. The number of ether oxygens (including phenoxy) is 1. The Morgan fingerprint density at radius 3 is 2.80 bits per heavy atom. The summed E-state index contributed by atoms with van der Waals surface area (Å²) >= 11 is 0. The molecule has 0 aliphatic carbocycles. The number of carbonyl (C=O) groups is 1. The van der Waals surface area contributed by atoms with Crippen LogP contribution in [-0.2, 0) is 0 Å². The van der Waals surface area contributed by atoms with Crippen LogP contribution in [-0.4, -0.2) is 47.7 Å². The van der Waals surface area contributed by atoms with E-state index in [0.717, 1.165) is 16.7 Å². The molecule has 106 valence electrons. The van der Waals surface area contributed by atoms with E-state index in [1.54, 1.807) is 27.1 Å². The third-order valence-electron chi connectivity index (χ3n) is 3.00. The van der Waals surface area contributed by atoms with Gasteiger partial charge < -0.3 is 14.7 Å². The molecule has 0 spiro atoms. The summed E-state index contributed by atoms with van der Waals surface area (Å²) in [5.74, 6) is 0.549. The number of likely N-dealkylation sites (N-methyl/N-ethyl adjacent to an activating group) is 1. The van der Waals surface area contributed by atoms with E-state index < -0.39 is 6.10 Å². The van der Waals surface area contributed by atoms with Crippen LogP contribution < -0.4 is 4.74 Å². The minimum Gasteiger partial charge on any atom is -0.497 e. The molecule has 0 aliphatic rings. The number of aromatic nitrogens is 1. The van der Waals surface area contributed by atoms with Crippen molar-refractivity contribution in [2.45, 2.75) is 13.0 Å². The molecule has 0 unspecified atom stereocenters. The van der Waals surface area contributed by atoms with Gasteiger partial charge in [0.15, 0.2) is 0 Å². The average molecular weight is 274 g/mol. The van der Waals surface area contributed by atoms with E-state index in [-0.39, 0.29) is 12.5 Å². The van der Waals surface area contributed by atoms with Crippen LogP contribution in [0.25, 0.3) is 10.9 Å². The van der Waals surface area contributed by atoms with Crippen molar-refractivity contribution >= 4 is 16.8 Å². The zero-order valence-corrected chi connectivity index (χ0v) is 11.8. The van der Waals surface area contributed by atoms with Gasteiger partial charge in [-0.25, -0.2) is 4.98 Å². The maximum Gasteiger partial charge on any atom is 0.272 e. The number of fused-ring (bicyclic) bond motifs is 1. The fraction of sp³-hybridized carbons (Fsp3) is 0.333. The molecule has 0 aliphatic heterocycles. The summed E-state index contributed by atoms with van der Waals surface area (Å²) in [5.41, 5.74) is 1.10. The van der Waals surface area contributed by atoms with Crippen molar-refractivity contribution < 1.29 is 14.6 Å². The molecule has 0 saturated carbocycles. The van der Waals surface area contributed by atoms with E-state index in [4.69, 9.17) is 4.74 Å². The molecule has 20 heavy (non-hydrogen) atoms. The van der Waals surface area contributed by atoms with E-state index in [1.165, 1.54) is 4.90 Å². The summed E-state index contributed by atoms with van der Waals surface area (Å²) in [4.78, 5) is 18.0. The Morgan fingerprint density at radius 2 is 2.15 bits per heavy atom. The number of pyridine rings is 1. The molecule has 0 radical (unpaired) electrons. The minimum absolute atomic E-state index is 0.205. The number of methoxy groups -OCH3 is 1. The first-order chi connectivity index (χ1) is 9.51.